The lowest BCUT2D eigenvalue weighted by atomic mass is 9.86. The third-order valence-corrected chi connectivity index (χ3v) is 6.74. The van der Waals surface area contributed by atoms with Crippen molar-refractivity contribution >= 4 is 17.4 Å². The van der Waals surface area contributed by atoms with Gasteiger partial charge in [0.25, 0.3) is 0 Å². The minimum absolute atomic E-state index is 0.281. The molecule has 118 valence electrons. The number of para-hydroxylation sites is 1. The molecule has 1 aliphatic rings. The first kappa shape index (κ1) is 16.7. The number of fused-ring (bicyclic) bond motifs is 1. The Hall–Kier alpha value is -0.630. The predicted molar refractivity (Wildman–Crippen MR) is 96.3 cm³/mol. The van der Waals surface area contributed by atoms with Gasteiger partial charge in [0.05, 0.1) is 10.6 Å². The van der Waals surface area contributed by atoms with E-state index in [-0.39, 0.29) is 4.87 Å². The van der Waals surface area contributed by atoms with E-state index in [1.54, 1.807) is 0 Å². The van der Waals surface area contributed by atoms with Crippen LogP contribution in [0.4, 0.5) is 5.69 Å². The lowest BCUT2D eigenvalue weighted by Gasteiger charge is -2.43. The standard InChI is InChI=1S/C19H31NS/c1-5-8-12-16(7-3)19(15-9-6-2)20(4)17-13-10-11-14-18(17)21-19/h10-11,13-14,16H,5-9,12,15H2,1-4H3/t16-,19+/m1/s1. The van der Waals surface area contributed by atoms with Crippen LogP contribution in [0.5, 0.6) is 0 Å². The summed E-state index contributed by atoms with van der Waals surface area (Å²) in [6.07, 6.45) is 9.24. The Kier molecular flexibility index (Phi) is 6.04. The molecule has 0 N–H and O–H groups in total. The molecule has 0 bridgehead atoms. The summed E-state index contributed by atoms with van der Waals surface area (Å²) >= 11 is 2.14. The van der Waals surface area contributed by atoms with E-state index in [9.17, 15) is 0 Å². The molecule has 2 atom stereocenters. The van der Waals surface area contributed by atoms with Gasteiger partial charge in [-0.3, -0.25) is 0 Å². The molecule has 0 saturated heterocycles. The van der Waals surface area contributed by atoms with Crippen molar-refractivity contribution in [3.63, 3.8) is 0 Å². The fourth-order valence-corrected chi connectivity index (χ4v) is 5.46. The van der Waals surface area contributed by atoms with Crippen molar-refractivity contribution in [1.82, 2.24) is 0 Å². The van der Waals surface area contributed by atoms with Crippen molar-refractivity contribution in [3.05, 3.63) is 24.3 Å². The maximum absolute atomic E-state index is 2.60. The SMILES string of the molecule is CCCC[C@@H](CC)[C@]1(CCCC)Sc2ccccc2N1C. The van der Waals surface area contributed by atoms with Crippen LogP contribution >= 0.6 is 11.8 Å². The van der Waals surface area contributed by atoms with Gasteiger partial charge in [0.2, 0.25) is 0 Å². The molecule has 0 aliphatic carbocycles. The molecule has 0 saturated carbocycles. The van der Waals surface area contributed by atoms with Crippen LogP contribution in [0.1, 0.15) is 65.7 Å². The highest BCUT2D eigenvalue weighted by Gasteiger charge is 2.46. The molecule has 21 heavy (non-hydrogen) atoms. The highest BCUT2D eigenvalue weighted by molar-refractivity contribution is 8.01. The Morgan fingerprint density at radius 3 is 2.43 bits per heavy atom. The van der Waals surface area contributed by atoms with Gasteiger partial charge < -0.3 is 4.90 Å². The molecule has 0 spiro atoms. The van der Waals surface area contributed by atoms with Crippen molar-refractivity contribution in [2.45, 2.75) is 75.5 Å². The number of nitrogens with zero attached hydrogens (tertiary/aromatic N) is 1. The molecule has 1 aliphatic heterocycles. The molecule has 1 aromatic rings. The second-order valence-corrected chi connectivity index (χ2v) is 7.68. The van der Waals surface area contributed by atoms with E-state index in [0.717, 1.165) is 5.92 Å². The van der Waals surface area contributed by atoms with Gasteiger partial charge in [-0.25, -0.2) is 0 Å². The summed E-state index contributed by atoms with van der Waals surface area (Å²) in [4.78, 5) is 4.36. The van der Waals surface area contributed by atoms with Crippen LogP contribution in [0.3, 0.4) is 0 Å². The number of hydrogen-bond acceptors (Lipinski definition) is 2. The summed E-state index contributed by atoms with van der Waals surface area (Å²) in [6, 6.07) is 8.96. The Balaban J connectivity index is 2.30. The van der Waals surface area contributed by atoms with Gasteiger partial charge in [0.1, 0.15) is 0 Å². The zero-order valence-electron chi connectivity index (χ0n) is 14.2. The summed E-state index contributed by atoms with van der Waals surface area (Å²) < 4.78 is 0. The highest BCUT2D eigenvalue weighted by atomic mass is 32.2. The van der Waals surface area contributed by atoms with Gasteiger partial charge in [-0.15, -0.1) is 0 Å². The minimum Gasteiger partial charge on any atom is -0.358 e. The monoisotopic (exact) mass is 305 g/mol. The maximum atomic E-state index is 2.60. The average molecular weight is 306 g/mol. The van der Waals surface area contributed by atoms with Crippen LogP contribution < -0.4 is 4.90 Å². The maximum Gasteiger partial charge on any atom is 0.0932 e. The summed E-state index contributed by atoms with van der Waals surface area (Å²) in [6.45, 7) is 7.00. The lowest BCUT2D eigenvalue weighted by molar-refractivity contribution is 0.312. The van der Waals surface area contributed by atoms with Gasteiger partial charge in [0.15, 0.2) is 0 Å². The molecule has 2 heteroatoms. The topological polar surface area (TPSA) is 3.24 Å². The summed E-state index contributed by atoms with van der Waals surface area (Å²) in [5.74, 6) is 0.784. The fourth-order valence-electron chi connectivity index (χ4n) is 3.69. The van der Waals surface area contributed by atoms with Crippen LogP contribution in [0.2, 0.25) is 0 Å². The molecule has 1 heterocycles. The van der Waals surface area contributed by atoms with Gasteiger partial charge in [-0.1, -0.05) is 76.8 Å². The summed E-state index contributed by atoms with van der Waals surface area (Å²) in [5, 5.41) is 0. The Morgan fingerprint density at radius 1 is 1.10 bits per heavy atom. The van der Waals surface area contributed by atoms with E-state index in [2.05, 4.69) is 68.7 Å². The van der Waals surface area contributed by atoms with E-state index in [1.165, 1.54) is 55.5 Å². The zero-order chi connectivity index (χ0) is 15.3. The highest BCUT2D eigenvalue weighted by Crippen LogP contribution is 2.56. The summed E-state index contributed by atoms with van der Waals surface area (Å²) in [7, 11) is 2.32. The second kappa shape index (κ2) is 7.58. The molecule has 0 unspecified atom stereocenters. The Bertz CT molecular complexity index is 445. The smallest absolute Gasteiger partial charge is 0.0932 e. The predicted octanol–water partition coefficient (Wildman–Crippen LogP) is 6.33. The molecule has 0 aromatic heterocycles. The van der Waals surface area contributed by atoms with Gasteiger partial charge >= 0.3 is 0 Å². The average Bonchev–Trinajstić information content (AvgIpc) is 2.80. The number of anilines is 1. The summed E-state index contributed by atoms with van der Waals surface area (Å²) in [5.41, 5.74) is 1.44. The van der Waals surface area contributed by atoms with Gasteiger partial charge in [-0.05, 0) is 30.9 Å². The lowest BCUT2D eigenvalue weighted by Crippen LogP contribution is -2.47. The normalized spacial score (nSPS) is 22.4. The molecule has 0 fully saturated rings. The Morgan fingerprint density at radius 2 is 1.81 bits per heavy atom. The van der Waals surface area contributed by atoms with Crippen molar-refractivity contribution in [1.29, 1.82) is 0 Å². The number of unbranched alkanes of at least 4 members (excludes halogenated alkanes) is 2. The number of rotatable bonds is 8. The van der Waals surface area contributed by atoms with E-state index >= 15 is 0 Å². The van der Waals surface area contributed by atoms with E-state index < -0.39 is 0 Å². The number of thioether (sulfide) groups is 1. The van der Waals surface area contributed by atoms with Crippen molar-refractivity contribution in [3.8, 4) is 0 Å². The zero-order valence-corrected chi connectivity index (χ0v) is 15.0. The molecule has 1 nitrogen and oxygen atoms in total. The largest absolute Gasteiger partial charge is 0.358 e. The first-order valence-corrected chi connectivity index (χ1v) is 9.53. The molecule has 1 aromatic carbocycles. The molecule has 0 radical (unpaired) electrons. The molecule has 2 rings (SSSR count). The van der Waals surface area contributed by atoms with Crippen LogP contribution in [0, 0.1) is 5.92 Å². The first-order chi connectivity index (χ1) is 10.2. The van der Waals surface area contributed by atoms with Crippen molar-refractivity contribution in [2.75, 3.05) is 11.9 Å². The van der Waals surface area contributed by atoms with E-state index in [4.69, 9.17) is 0 Å². The fraction of sp³-hybridized carbons (Fsp3) is 0.684. The number of benzene rings is 1. The molecule has 0 amide bonds. The van der Waals surface area contributed by atoms with Crippen LogP contribution in [-0.2, 0) is 0 Å². The third-order valence-electron chi connectivity index (χ3n) is 5.01. The van der Waals surface area contributed by atoms with Crippen LogP contribution in [0.25, 0.3) is 0 Å². The van der Waals surface area contributed by atoms with E-state index in [1.807, 2.05) is 0 Å². The quantitative estimate of drug-likeness (QED) is 0.552. The van der Waals surface area contributed by atoms with Crippen molar-refractivity contribution < 1.29 is 0 Å². The minimum atomic E-state index is 0.281. The second-order valence-electron chi connectivity index (χ2n) is 6.32. The van der Waals surface area contributed by atoms with E-state index in [0.29, 0.717) is 0 Å². The number of hydrogen-bond donors (Lipinski definition) is 0. The molecular formula is C19H31NS. The third kappa shape index (κ3) is 3.26. The first-order valence-electron chi connectivity index (χ1n) is 8.71. The van der Waals surface area contributed by atoms with Crippen LogP contribution in [-0.4, -0.2) is 11.9 Å². The van der Waals surface area contributed by atoms with Gasteiger partial charge in [-0.2, -0.15) is 0 Å². The Labute approximate surface area is 135 Å². The van der Waals surface area contributed by atoms with Gasteiger partial charge in [0, 0.05) is 11.9 Å². The van der Waals surface area contributed by atoms with Crippen molar-refractivity contribution in [2.24, 2.45) is 5.92 Å². The molecular weight excluding hydrogens is 274 g/mol. The van der Waals surface area contributed by atoms with Crippen LogP contribution in [0.15, 0.2) is 29.2 Å².